The lowest BCUT2D eigenvalue weighted by Gasteiger charge is -2.16. The molecule has 6 atom stereocenters. The number of rotatable bonds is 8. The molecule has 6 rings (SSSR count). The number of halogens is 2. The van der Waals surface area contributed by atoms with Crippen molar-refractivity contribution in [2.45, 2.75) is 94.9 Å². The van der Waals surface area contributed by atoms with Crippen molar-refractivity contribution in [3.8, 4) is 12.1 Å². The highest BCUT2D eigenvalue weighted by molar-refractivity contribution is 7.92. The standard InChI is InChI=1S/2C16H17ClN2O4S/c2*17-12-3-1-2-4-14(12)24(22,23)10-7-11(13(20)8-10)15(21)19-16(9-18)5-6-16/h2*1-4,10-11,13,20H,5-8H2,(H,19,21)/t2*10-,11-,13-/m10/s1. The summed E-state index contributed by atoms with van der Waals surface area (Å²) in [5, 5.41) is 42.2. The predicted octanol–water partition coefficient (Wildman–Crippen LogP) is 2.85. The maximum absolute atomic E-state index is 12.7. The topological polar surface area (TPSA) is 215 Å². The zero-order valence-electron chi connectivity index (χ0n) is 25.6. The number of hydrogen-bond donors (Lipinski definition) is 4. The van der Waals surface area contributed by atoms with Gasteiger partial charge in [-0.2, -0.15) is 10.5 Å². The number of sulfone groups is 2. The van der Waals surface area contributed by atoms with Gasteiger partial charge in [0, 0.05) is 0 Å². The summed E-state index contributed by atoms with van der Waals surface area (Å²) in [6, 6.07) is 16.4. The van der Waals surface area contributed by atoms with Crippen molar-refractivity contribution >= 4 is 54.7 Å². The fraction of sp³-hybridized carbons (Fsp3) is 0.500. The van der Waals surface area contributed by atoms with Gasteiger partial charge in [-0.3, -0.25) is 9.59 Å². The van der Waals surface area contributed by atoms with Crippen molar-refractivity contribution in [1.82, 2.24) is 10.6 Å². The minimum atomic E-state index is -3.74. The van der Waals surface area contributed by atoms with Gasteiger partial charge in [-0.25, -0.2) is 16.8 Å². The first-order chi connectivity index (χ1) is 22.6. The van der Waals surface area contributed by atoms with Crippen LogP contribution in [0.5, 0.6) is 0 Å². The van der Waals surface area contributed by atoms with Crippen LogP contribution in [-0.2, 0) is 29.3 Å². The monoisotopic (exact) mass is 736 g/mol. The van der Waals surface area contributed by atoms with E-state index in [1.807, 2.05) is 12.1 Å². The molecule has 256 valence electrons. The number of nitrogens with one attached hydrogen (secondary N) is 2. The van der Waals surface area contributed by atoms with Crippen LogP contribution < -0.4 is 10.6 Å². The first kappa shape index (κ1) is 36.1. The average molecular weight is 738 g/mol. The van der Waals surface area contributed by atoms with Gasteiger partial charge in [0.15, 0.2) is 19.7 Å². The number of benzene rings is 2. The van der Waals surface area contributed by atoms with Crippen molar-refractivity contribution in [2.75, 3.05) is 0 Å². The zero-order chi connectivity index (χ0) is 35.1. The third-order valence-electron chi connectivity index (χ3n) is 9.46. The van der Waals surface area contributed by atoms with Gasteiger partial charge in [0.25, 0.3) is 0 Å². The number of nitriles is 2. The number of aliphatic hydroxyl groups is 2. The SMILES string of the molecule is N#CC1(NC(=O)[C@@H]2C[C@@H](S(=O)(=O)c3ccccc3Cl)C[C@H]2O)CC1.N#CC1(NC(=O)[C@H]2C[C@H](S(=O)(=O)c3ccccc3Cl)C[C@@H]2O)CC1. The van der Waals surface area contributed by atoms with E-state index in [1.165, 1.54) is 24.3 Å². The minimum Gasteiger partial charge on any atom is -0.392 e. The van der Waals surface area contributed by atoms with E-state index in [2.05, 4.69) is 10.6 Å². The van der Waals surface area contributed by atoms with Crippen LogP contribution in [0.4, 0.5) is 0 Å². The van der Waals surface area contributed by atoms with Crippen LogP contribution in [0.2, 0.25) is 10.0 Å². The summed E-state index contributed by atoms with van der Waals surface area (Å²) in [5.74, 6) is -2.59. The number of carbonyl (C=O) groups is 2. The maximum atomic E-state index is 12.7. The molecule has 0 heterocycles. The molecule has 16 heteroatoms. The summed E-state index contributed by atoms with van der Waals surface area (Å²) in [6.07, 6.45) is 0.210. The van der Waals surface area contributed by atoms with Crippen LogP contribution in [0, 0.1) is 34.5 Å². The lowest BCUT2D eigenvalue weighted by molar-refractivity contribution is -0.129. The van der Waals surface area contributed by atoms with E-state index in [1.54, 1.807) is 24.3 Å². The lowest BCUT2D eigenvalue weighted by atomic mass is 10.0. The number of aliphatic hydroxyl groups excluding tert-OH is 2. The lowest BCUT2D eigenvalue weighted by Crippen LogP contribution is -2.42. The van der Waals surface area contributed by atoms with E-state index in [0.717, 1.165) is 0 Å². The smallest absolute Gasteiger partial charge is 0.227 e. The van der Waals surface area contributed by atoms with Crippen molar-refractivity contribution in [2.24, 2.45) is 11.8 Å². The summed E-state index contributed by atoms with van der Waals surface area (Å²) >= 11 is 12.0. The van der Waals surface area contributed by atoms with Gasteiger partial charge in [0.1, 0.15) is 11.1 Å². The molecule has 0 radical (unpaired) electrons. The Morgan fingerprint density at radius 3 is 1.29 bits per heavy atom. The van der Waals surface area contributed by atoms with E-state index in [9.17, 15) is 36.6 Å². The Labute approximate surface area is 288 Å². The van der Waals surface area contributed by atoms with E-state index in [0.29, 0.717) is 25.7 Å². The third-order valence-corrected chi connectivity index (χ3v) is 14.8. The Morgan fingerprint density at radius 2 is 1.00 bits per heavy atom. The average Bonchev–Trinajstić information content (AvgIpc) is 3.92. The highest BCUT2D eigenvalue weighted by atomic mass is 35.5. The summed E-state index contributed by atoms with van der Waals surface area (Å²) in [5.41, 5.74) is -1.67. The highest BCUT2D eigenvalue weighted by Gasteiger charge is 2.51. The Kier molecular flexibility index (Phi) is 10.2. The molecule has 0 unspecified atom stereocenters. The molecule has 0 saturated heterocycles. The fourth-order valence-electron chi connectivity index (χ4n) is 6.16. The van der Waals surface area contributed by atoms with Crippen LogP contribution >= 0.6 is 23.2 Å². The molecule has 48 heavy (non-hydrogen) atoms. The second kappa shape index (κ2) is 13.6. The van der Waals surface area contributed by atoms with Crippen LogP contribution in [0.15, 0.2) is 58.3 Å². The molecule has 0 spiro atoms. The number of carbonyl (C=O) groups excluding carboxylic acids is 2. The minimum absolute atomic E-state index is 0.0145. The summed E-state index contributed by atoms with van der Waals surface area (Å²) in [6.45, 7) is 0. The largest absolute Gasteiger partial charge is 0.392 e. The van der Waals surface area contributed by atoms with Crippen LogP contribution in [0.1, 0.15) is 51.4 Å². The quantitative estimate of drug-likeness (QED) is 0.311. The molecule has 4 fully saturated rings. The normalized spacial score (nSPS) is 28.1. The van der Waals surface area contributed by atoms with Crippen molar-refractivity contribution in [1.29, 1.82) is 10.5 Å². The Bertz CT molecular complexity index is 1760. The molecule has 2 aromatic rings. The molecule has 2 aromatic carbocycles. The first-order valence-electron chi connectivity index (χ1n) is 15.4. The van der Waals surface area contributed by atoms with Crippen LogP contribution in [0.25, 0.3) is 0 Å². The summed E-state index contributed by atoms with van der Waals surface area (Å²) in [7, 11) is -7.48. The van der Waals surface area contributed by atoms with Gasteiger partial charge in [-0.1, -0.05) is 47.5 Å². The van der Waals surface area contributed by atoms with Crippen LogP contribution in [0.3, 0.4) is 0 Å². The number of hydrogen-bond acceptors (Lipinski definition) is 10. The number of amides is 2. The first-order valence-corrected chi connectivity index (χ1v) is 19.2. The van der Waals surface area contributed by atoms with Gasteiger partial charge in [-0.15, -0.1) is 0 Å². The van der Waals surface area contributed by atoms with Crippen LogP contribution in [-0.4, -0.2) is 72.6 Å². The summed E-state index contributed by atoms with van der Waals surface area (Å²) < 4.78 is 51.0. The molecule has 0 aliphatic heterocycles. The molecule has 2 amide bonds. The third kappa shape index (κ3) is 7.34. The number of nitrogens with zero attached hydrogens (tertiary/aromatic N) is 2. The molecule has 0 bridgehead atoms. The predicted molar refractivity (Wildman–Crippen MR) is 174 cm³/mol. The van der Waals surface area contributed by atoms with Crippen molar-refractivity contribution in [3.05, 3.63) is 58.6 Å². The highest BCUT2D eigenvalue weighted by Crippen LogP contribution is 2.40. The van der Waals surface area contributed by atoms with Crippen molar-refractivity contribution in [3.63, 3.8) is 0 Å². The molecule has 4 aliphatic carbocycles. The molecular weight excluding hydrogens is 703 g/mol. The van der Waals surface area contributed by atoms with Crippen molar-refractivity contribution < 1.29 is 36.6 Å². The Hall–Kier alpha value is -3.24. The second-order valence-corrected chi connectivity index (χ2v) is 18.1. The van der Waals surface area contributed by atoms with E-state index >= 15 is 0 Å². The van der Waals surface area contributed by atoms with Gasteiger partial charge >= 0.3 is 0 Å². The van der Waals surface area contributed by atoms with E-state index in [4.69, 9.17) is 33.7 Å². The van der Waals surface area contributed by atoms with Gasteiger partial charge in [-0.05, 0) is 75.6 Å². The fourth-order valence-corrected chi connectivity index (χ4v) is 10.8. The zero-order valence-corrected chi connectivity index (χ0v) is 28.7. The van der Waals surface area contributed by atoms with Gasteiger partial charge in [0.05, 0.1) is 66.5 Å². The van der Waals surface area contributed by atoms with E-state index < -0.39 is 77.1 Å². The molecule has 4 saturated carbocycles. The molecule has 12 nitrogen and oxygen atoms in total. The summed E-state index contributed by atoms with van der Waals surface area (Å²) in [4.78, 5) is 24.6. The second-order valence-electron chi connectivity index (χ2n) is 12.9. The van der Waals surface area contributed by atoms with E-state index in [-0.39, 0.29) is 45.5 Å². The molecule has 4 aliphatic rings. The maximum Gasteiger partial charge on any atom is 0.227 e. The van der Waals surface area contributed by atoms with Gasteiger partial charge < -0.3 is 20.8 Å². The molecular formula is C32H34Cl2N4O8S2. The van der Waals surface area contributed by atoms with Gasteiger partial charge in [0.2, 0.25) is 11.8 Å². The molecule has 4 N–H and O–H groups in total. The molecule has 0 aromatic heterocycles. The Balaban J connectivity index is 0.000000188. The Morgan fingerprint density at radius 1 is 0.667 bits per heavy atom.